The smallest absolute Gasteiger partial charge is 0.326 e. The maximum atomic E-state index is 13.2. The van der Waals surface area contributed by atoms with Crippen molar-refractivity contribution in [3.63, 3.8) is 0 Å². The van der Waals surface area contributed by atoms with Gasteiger partial charge in [-0.15, -0.1) is 0 Å². The summed E-state index contributed by atoms with van der Waals surface area (Å²) < 4.78 is 0. The number of benzene rings is 2. The van der Waals surface area contributed by atoms with Crippen molar-refractivity contribution in [2.75, 3.05) is 0 Å². The van der Waals surface area contributed by atoms with E-state index >= 15 is 0 Å². The molecule has 0 fully saturated rings. The molecule has 182 valence electrons. The second kappa shape index (κ2) is 12.2. The Bertz CT molecular complexity index is 1080. The highest BCUT2D eigenvalue weighted by Gasteiger charge is 2.31. The van der Waals surface area contributed by atoms with Crippen molar-refractivity contribution in [1.82, 2.24) is 4.90 Å². The van der Waals surface area contributed by atoms with Crippen LogP contribution in [0.2, 0.25) is 10.0 Å². The molecule has 2 aromatic rings. The molecule has 11 nitrogen and oxygen atoms in total. The third-order valence-corrected chi connectivity index (χ3v) is 5.68. The van der Waals surface area contributed by atoms with E-state index in [1.807, 2.05) is 0 Å². The number of aliphatic carboxylic acids is 1. The van der Waals surface area contributed by atoms with Crippen molar-refractivity contribution in [1.29, 1.82) is 0 Å². The molecule has 1 amide bonds. The van der Waals surface area contributed by atoms with E-state index in [0.29, 0.717) is 16.1 Å². The second-order valence-corrected chi connectivity index (χ2v) is 8.23. The topological polar surface area (TPSA) is 185 Å². The molecule has 13 heteroatoms. The zero-order valence-electron chi connectivity index (χ0n) is 17.8. The summed E-state index contributed by atoms with van der Waals surface area (Å²) in [5, 5.41) is 32.4. The summed E-state index contributed by atoms with van der Waals surface area (Å²) in [6, 6.07) is 8.19. The molecular weight excluding hydrogens is 489 g/mol. The number of hydrogen-bond acceptors (Lipinski definition) is 6. The average Bonchev–Trinajstić information content (AvgIpc) is 2.76. The zero-order valence-corrected chi connectivity index (χ0v) is 19.3. The van der Waals surface area contributed by atoms with Crippen molar-refractivity contribution in [3.05, 3.63) is 73.8 Å². The molecule has 6 N–H and O–H groups in total. The quantitative estimate of drug-likeness (QED) is 0.153. The van der Waals surface area contributed by atoms with E-state index in [0.717, 1.165) is 4.90 Å². The number of hydrogen-bond donors (Lipinski definition) is 4. The first-order valence-electron chi connectivity index (χ1n) is 9.96. The van der Waals surface area contributed by atoms with Crippen molar-refractivity contribution in [3.8, 4) is 5.75 Å². The molecule has 0 heterocycles. The SMILES string of the molecule is NC(=N[N+](=O)[O-])C(N)CC[C@@H](C(=O)O)N(Cc1ccc(O)cc1)C(=O)Cc1ccc(Cl)c(Cl)c1. The van der Waals surface area contributed by atoms with Gasteiger partial charge in [-0.05, 0) is 48.2 Å². The number of phenols is 1. The molecule has 2 rings (SSSR count). The summed E-state index contributed by atoms with van der Waals surface area (Å²) in [7, 11) is 0. The van der Waals surface area contributed by atoms with E-state index in [2.05, 4.69) is 5.10 Å². The number of carbonyl (C=O) groups is 2. The van der Waals surface area contributed by atoms with Crippen LogP contribution in [-0.4, -0.2) is 49.9 Å². The number of carboxylic acids is 1. The highest BCUT2D eigenvalue weighted by molar-refractivity contribution is 6.42. The van der Waals surface area contributed by atoms with E-state index in [1.54, 1.807) is 18.2 Å². The summed E-state index contributed by atoms with van der Waals surface area (Å²) >= 11 is 11.9. The molecule has 0 radical (unpaired) electrons. The molecular formula is C21H23Cl2N5O6. The van der Waals surface area contributed by atoms with Crippen LogP contribution in [0.4, 0.5) is 0 Å². The first-order valence-corrected chi connectivity index (χ1v) is 10.7. The Hall–Kier alpha value is -3.41. The van der Waals surface area contributed by atoms with Gasteiger partial charge in [0, 0.05) is 6.54 Å². The fourth-order valence-electron chi connectivity index (χ4n) is 3.16. The average molecular weight is 512 g/mol. The Morgan fingerprint density at radius 2 is 1.71 bits per heavy atom. The fraction of sp³-hybridized carbons (Fsp3) is 0.286. The van der Waals surface area contributed by atoms with E-state index in [4.69, 9.17) is 34.7 Å². The molecule has 0 aliphatic heterocycles. The molecule has 0 saturated carbocycles. The first kappa shape index (κ1) is 26.8. The van der Waals surface area contributed by atoms with Crippen LogP contribution < -0.4 is 11.5 Å². The van der Waals surface area contributed by atoms with Crippen molar-refractivity contribution in [2.24, 2.45) is 16.6 Å². The lowest BCUT2D eigenvalue weighted by Gasteiger charge is -2.30. The molecule has 1 unspecified atom stereocenters. The Kier molecular flexibility index (Phi) is 9.60. The number of hydrazone groups is 1. The number of halogens is 2. The Morgan fingerprint density at radius 3 is 2.26 bits per heavy atom. The van der Waals surface area contributed by atoms with E-state index in [1.165, 1.54) is 24.3 Å². The minimum Gasteiger partial charge on any atom is -0.508 e. The molecule has 0 aromatic heterocycles. The summed E-state index contributed by atoms with van der Waals surface area (Å²) in [6.07, 6.45) is -0.377. The van der Waals surface area contributed by atoms with Gasteiger partial charge in [0.1, 0.15) is 11.8 Å². The standard InChI is InChI=1S/C21H23Cl2N5O6/c22-15-6-3-13(9-16(15)23)10-19(30)27(11-12-1-4-14(29)5-2-12)18(21(31)32)8-7-17(24)20(25)26-28(33)34/h1-6,9,17-18,29H,7-8,10-11,24H2,(H2,25,26)(H,31,32)/t17?,18-/m0/s1. The van der Waals surface area contributed by atoms with E-state index in [9.17, 15) is 29.9 Å². The van der Waals surface area contributed by atoms with Gasteiger partial charge in [0.15, 0.2) is 10.9 Å². The van der Waals surface area contributed by atoms with Gasteiger partial charge >= 0.3 is 5.97 Å². The number of carbonyl (C=O) groups excluding carboxylic acids is 1. The molecule has 0 spiro atoms. The van der Waals surface area contributed by atoms with Crippen molar-refractivity contribution >= 4 is 40.9 Å². The fourth-order valence-corrected chi connectivity index (χ4v) is 3.48. The van der Waals surface area contributed by atoms with Gasteiger partial charge in [0.25, 0.3) is 0 Å². The predicted octanol–water partition coefficient (Wildman–Crippen LogP) is 2.38. The van der Waals surface area contributed by atoms with Crippen LogP contribution in [0.5, 0.6) is 5.75 Å². The lowest BCUT2D eigenvalue weighted by atomic mass is 10.0. The molecule has 34 heavy (non-hydrogen) atoms. The van der Waals surface area contributed by atoms with Crippen molar-refractivity contribution in [2.45, 2.75) is 37.9 Å². The summed E-state index contributed by atoms with van der Waals surface area (Å²) in [5.74, 6) is -2.25. The Labute approximate surface area is 204 Å². The summed E-state index contributed by atoms with van der Waals surface area (Å²) in [6.45, 7) is -0.0783. The minimum absolute atomic E-state index is 0.0127. The Balaban J connectivity index is 2.30. The lowest BCUT2D eigenvalue weighted by Crippen LogP contribution is -2.47. The number of carboxylic acid groups (broad SMARTS) is 1. The summed E-state index contributed by atoms with van der Waals surface area (Å²) in [4.78, 5) is 37.0. The van der Waals surface area contributed by atoms with Crippen LogP contribution in [0.25, 0.3) is 0 Å². The number of nitrogens with zero attached hydrogens (tertiary/aromatic N) is 3. The minimum atomic E-state index is -1.32. The second-order valence-electron chi connectivity index (χ2n) is 7.41. The number of nitrogens with two attached hydrogens (primary N) is 2. The number of amides is 1. The van der Waals surface area contributed by atoms with Crippen LogP contribution >= 0.6 is 23.2 Å². The predicted molar refractivity (Wildman–Crippen MR) is 126 cm³/mol. The number of rotatable bonds is 11. The maximum absolute atomic E-state index is 13.2. The van der Waals surface area contributed by atoms with E-state index in [-0.39, 0.29) is 36.6 Å². The summed E-state index contributed by atoms with van der Waals surface area (Å²) in [5.41, 5.74) is 12.4. The van der Waals surface area contributed by atoms with Crippen molar-refractivity contribution < 1.29 is 24.8 Å². The van der Waals surface area contributed by atoms with Gasteiger partial charge in [-0.1, -0.05) is 41.4 Å². The van der Waals surface area contributed by atoms with Gasteiger partial charge in [0.05, 0.1) is 27.6 Å². The van der Waals surface area contributed by atoms with Crippen LogP contribution in [-0.2, 0) is 22.6 Å². The third-order valence-electron chi connectivity index (χ3n) is 4.94. The molecule has 2 aromatic carbocycles. The highest BCUT2D eigenvalue weighted by atomic mass is 35.5. The highest BCUT2D eigenvalue weighted by Crippen LogP contribution is 2.24. The molecule has 0 aliphatic rings. The van der Waals surface area contributed by atoms with Gasteiger partial charge in [-0.3, -0.25) is 4.79 Å². The zero-order chi connectivity index (χ0) is 25.4. The Morgan fingerprint density at radius 1 is 1.09 bits per heavy atom. The first-order chi connectivity index (χ1) is 16.0. The molecule has 0 saturated heterocycles. The van der Waals surface area contributed by atoms with Crippen LogP contribution in [0.1, 0.15) is 24.0 Å². The number of phenolic OH excluding ortho intramolecular Hbond substituents is 1. The number of nitro groups is 1. The molecule has 2 atom stereocenters. The van der Waals surface area contributed by atoms with Gasteiger partial charge in [0.2, 0.25) is 5.91 Å². The van der Waals surface area contributed by atoms with Gasteiger partial charge in [-0.25, -0.2) is 14.9 Å². The number of amidine groups is 1. The van der Waals surface area contributed by atoms with Crippen LogP contribution in [0.3, 0.4) is 0 Å². The largest absolute Gasteiger partial charge is 0.508 e. The third kappa shape index (κ3) is 7.87. The van der Waals surface area contributed by atoms with Crippen LogP contribution in [0, 0.1) is 10.1 Å². The monoisotopic (exact) mass is 511 g/mol. The number of aromatic hydroxyl groups is 1. The van der Waals surface area contributed by atoms with Crippen LogP contribution in [0.15, 0.2) is 47.6 Å². The molecule has 0 bridgehead atoms. The normalized spacial score (nSPS) is 13.2. The van der Waals surface area contributed by atoms with Gasteiger partial charge in [-0.2, -0.15) is 0 Å². The van der Waals surface area contributed by atoms with Gasteiger partial charge < -0.3 is 26.6 Å². The van der Waals surface area contributed by atoms with E-state index < -0.39 is 34.8 Å². The molecule has 0 aliphatic carbocycles. The maximum Gasteiger partial charge on any atom is 0.326 e. The lowest BCUT2D eigenvalue weighted by molar-refractivity contribution is -0.485.